The number of nitrogens with zero attached hydrogens (tertiary/aromatic N) is 3. The van der Waals surface area contributed by atoms with Gasteiger partial charge in [0.2, 0.25) is 5.91 Å². The van der Waals surface area contributed by atoms with Crippen LogP contribution in [0, 0.1) is 5.82 Å². The van der Waals surface area contributed by atoms with Gasteiger partial charge in [0, 0.05) is 10.7 Å². The third-order valence-electron chi connectivity index (χ3n) is 4.71. The van der Waals surface area contributed by atoms with E-state index in [1.807, 2.05) is 30.3 Å². The Kier molecular flexibility index (Phi) is 7.72. The highest BCUT2D eigenvalue weighted by atomic mass is 35.5. The van der Waals surface area contributed by atoms with Crippen LogP contribution >= 0.6 is 35.0 Å². The molecule has 1 aromatic heterocycles. The van der Waals surface area contributed by atoms with Gasteiger partial charge in [0.05, 0.1) is 16.5 Å². The van der Waals surface area contributed by atoms with E-state index in [-0.39, 0.29) is 17.4 Å². The number of anilines is 1. The number of ether oxygens (including phenoxy) is 1. The normalized spacial score (nSPS) is 11.8. The van der Waals surface area contributed by atoms with Crippen molar-refractivity contribution in [1.29, 1.82) is 0 Å². The van der Waals surface area contributed by atoms with Crippen LogP contribution in [0.4, 0.5) is 10.1 Å². The topological polar surface area (TPSA) is 69.0 Å². The minimum Gasteiger partial charge on any atom is -0.480 e. The fourth-order valence-electron chi connectivity index (χ4n) is 3.15. The van der Waals surface area contributed by atoms with Crippen LogP contribution in [0.3, 0.4) is 0 Å². The second kappa shape index (κ2) is 10.9. The van der Waals surface area contributed by atoms with Crippen LogP contribution in [0.2, 0.25) is 10.0 Å². The van der Waals surface area contributed by atoms with Crippen molar-refractivity contribution in [2.45, 2.75) is 18.2 Å². The molecule has 1 amide bonds. The zero-order chi connectivity index (χ0) is 24.1. The first kappa shape index (κ1) is 24.1. The first-order valence-corrected chi connectivity index (χ1v) is 12.0. The van der Waals surface area contributed by atoms with E-state index < -0.39 is 11.9 Å². The molecule has 4 rings (SSSR count). The maximum Gasteiger partial charge on any atom is 0.234 e. The van der Waals surface area contributed by atoms with Gasteiger partial charge in [0.1, 0.15) is 0 Å². The van der Waals surface area contributed by atoms with Crippen LogP contribution in [0.5, 0.6) is 5.75 Å². The Hall–Kier alpha value is -3.07. The minimum atomic E-state index is -0.611. The Morgan fingerprint density at radius 3 is 2.56 bits per heavy atom. The number of carbonyl (C=O) groups excluding carboxylic acids is 1. The number of nitrogens with one attached hydrogen (secondary N) is 1. The number of rotatable bonds is 8. The van der Waals surface area contributed by atoms with Crippen molar-refractivity contribution in [2.75, 3.05) is 11.1 Å². The van der Waals surface area contributed by atoms with Gasteiger partial charge in [-0.2, -0.15) is 0 Å². The summed E-state index contributed by atoms with van der Waals surface area (Å²) in [7, 11) is 0. The number of halogens is 3. The monoisotopic (exact) mass is 516 g/mol. The van der Waals surface area contributed by atoms with Gasteiger partial charge in [-0.3, -0.25) is 9.36 Å². The van der Waals surface area contributed by atoms with Crippen LogP contribution in [0.15, 0.2) is 78.0 Å². The highest BCUT2D eigenvalue weighted by Gasteiger charge is 2.22. The standard InChI is InChI=1S/C24H19Cl2FN4O2S/c1-15(33-21-10-6-5-9-19(21)27)23-29-30-24(31(23)17-7-3-2-4-8-17)34-14-22(32)28-20-12-11-16(25)13-18(20)26/h2-13,15H,14H2,1H3,(H,28,32). The van der Waals surface area contributed by atoms with Gasteiger partial charge in [-0.05, 0) is 49.4 Å². The van der Waals surface area contributed by atoms with E-state index in [1.165, 1.54) is 17.8 Å². The molecule has 0 spiro atoms. The van der Waals surface area contributed by atoms with Gasteiger partial charge in [-0.15, -0.1) is 10.2 Å². The predicted octanol–water partition coefficient (Wildman–Crippen LogP) is 6.58. The summed E-state index contributed by atoms with van der Waals surface area (Å²) in [6.45, 7) is 1.76. The molecule has 6 nitrogen and oxygen atoms in total. The molecule has 3 aromatic carbocycles. The van der Waals surface area contributed by atoms with Crippen molar-refractivity contribution in [3.05, 3.63) is 94.5 Å². The van der Waals surface area contributed by atoms with E-state index in [4.69, 9.17) is 27.9 Å². The lowest BCUT2D eigenvalue weighted by atomic mass is 10.3. The molecule has 0 aliphatic heterocycles. The fourth-order valence-corrected chi connectivity index (χ4v) is 4.36. The summed E-state index contributed by atoms with van der Waals surface area (Å²) in [5, 5.41) is 12.6. The summed E-state index contributed by atoms with van der Waals surface area (Å²) in [4.78, 5) is 12.5. The molecule has 0 bridgehead atoms. The van der Waals surface area contributed by atoms with E-state index in [9.17, 15) is 9.18 Å². The summed E-state index contributed by atoms with van der Waals surface area (Å²) in [6, 6.07) is 20.4. The molecular formula is C24H19Cl2FN4O2S. The van der Waals surface area contributed by atoms with Crippen molar-refractivity contribution in [2.24, 2.45) is 0 Å². The van der Waals surface area contributed by atoms with Gasteiger partial charge in [-0.25, -0.2) is 4.39 Å². The highest BCUT2D eigenvalue weighted by molar-refractivity contribution is 7.99. The molecule has 1 unspecified atom stereocenters. The van der Waals surface area contributed by atoms with Gasteiger partial charge in [0.25, 0.3) is 0 Å². The molecule has 0 radical (unpaired) electrons. The SMILES string of the molecule is CC(Oc1ccccc1F)c1nnc(SCC(=O)Nc2ccc(Cl)cc2Cl)n1-c1ccccc1. The number of carbonyl (C=O) groups is 1. The molecule has 174 valence electrons. The Labute approximate surface area is 210 Å². The van der Waals surface area contributed by atoms with E-state index in [1.54, 1.807) is 47.9 Å². The molecule has 10 heteroatoms. The van der Waals surface area contributed by atoms with E-state index in [0.29, 0.717) is 26.7 Å². The average Bonchev–Trinajstić information content (AvgIpc) is 3.26. The Morgan fingerprint density at radius 2 is 1.82 bits per heavy atom. The molecule has 34 heavy (non-hydrogen) atoms. The number of thioether (sulfide) groups is 1. The zero-order valence-electron chi connectivity index (χ0n) is 17.9. The molecule has 0 aliphatic carbocycles. The number of para-hydroxylation sites is 2. The minimum absolute atomic E-state index is 0.0620. The Morgan fingerprint density at radius 1 is 1.09 bits per heavy atom. The molecule has 1 atom stereocenters. The smallest absolute Gasteiger partial charge is 0.234 e. The maximum absolute atomic E-state index is 14.1. The second-order valence-electron chi connectivity index (χ2n) is 7.16. The molecule has 1 heterocycles. The molecule has 0 saturated heterocycles. The lowest BCUT2D eigenvalue weighted by molar-refractivity contribution is -0.113. The van der Waals surface area contributed by atoms with Crippen LogP contribution in [0.25, 0.3) is 5.69 Å². The van der Waals surface area contributed by atoms with Crippen molar-refractivity contribution in [1.82, 2.24) is 14.8 Å². The quantitative estimate of drug-likeness (QED) is 0.267. The number of hydrogen-bond acceptors (Lipinski definition) is 5. The summed E-state index contributed by atoms with van der Waals surface area (Å²) in [5.74, 6) is -0.0858. The average molecular weight is 517 g/mol. The molecule has 0 saturated carbocycles. The maximum atomic E-state index is 14.1. The van der Waals surface area contributed by atoms with Crippen molar-refractivity contribution in [3.63, 3.8) is 0 Å². The van der Waals surface area contributed by atoms with Crippen LogP contribution in [-0.4, -0.2) is 26.4 Å². The Balaban J connectivity index is 1.55. The summed E-state index contributed by atoms with van der Waals surface area (Å²) >= 11 is 13.3. The number of benzene rings is 3. The van der Waals surface area contributed by atoms with Gasteiger partial charge >= 0.3 is 0 Å². The first-order valence-electron chi connectivity index (χ1n) is 10.2. The van der Waals surface area contributed by atoms with Crippen molar-refractivity contribution < 1.29 is 13.9 Å². The van der Waals surface area contributed by atoms with E-state index in [0.717, 1.165) is 5.69 Å². The number of amides is 1. The predicted molar refractivity (Wildman–Crippen MR) is 133 cm³/mol. The first-order chi connectivity index (χ1) is 16.4. The zero-order valence-corrected chi connectivity index (χ0v) is 20.2. The summed E-state index contributed by atoms with van der Waals surface area (Å²) < 4.78 is 21.7. The van der Waals surface area contributed by atoms with Gasteiger partial charge in [-0.1, -0.05) is 65.3 Å². The van der Waals surface area contributed by atoms with Gasteiger partial charge < -0.3 is 10.1 Å². The summed E-state index contributed by atoms with van der Waals surface area (Å²) in [5.41, 5.74) is 1.25. The van der Waals surface area contributed by atoms with Crippen molar-refractivity contribution in [3.8, 4) is 11.4 Å². The molecule has 1 N–H and O–H groups in total. The molecule has 0 aliphatic rings. The lowest BCUT2D eigenvalue weighted by Gasteiger charge is -2.17. The Bertz CT molecular complexity index is 1300. The molecule has 0 fully saturated rings. The van der Waals surface area contributed by atoms with Crippen LogP contribution < -0.4 is 10.1 Å². The third-order valence-corrected chi connectivity index (χ3v) is 6.19. The van der Waals surface area contributed by atoms with E-state index in [2.05, 4.69) is 15.5 Å². The second-order valence-corrected chi connectivity index (χ2v) is 8.95. The third kappa shape index (κ3) is 5.70. The molecule has 4 aromatic rings. The van der Waals surface area contributed by atoms with Crippen LogP contribution in [0.1, 0.15) is 18.9 Å². The van der Waals surface area contributed by atoms with Crippen LogP contribution in [-0.2, 0) is 4.79 Å². The number of aromatic nitrogens is 3. The summed E-state index contributed by atoms with van der Waals surface area (Å²) in [6.07, 6.45) is -0.611. The highest BCUT2D eigenvalue weighted by Crippen LogP contribution is 2.29. The fraction of sp³-hybridized carbons (Fsp3) is 0.125. The van der Waals surface area contributed by atoms with Gasteiger partial charge in [0.15, 0.2) is 28.7 Å². The van der Waals surface area contributed by atoms with Crippen molar-refractivity contribution >= 4 is 46.6 Å². The lowest BCUT2D eigenvalue weighted by Crippen LogP contribution is -2.15. The van der Waals surface area contributed by atoms with E-state index >= 15 is 0 Å². The number of hydrogen-bond donors (Lipinski definition) is 1. The molecular weight excluding hydrogens is 498 g/mol. The largest absolute Gasteiger partial charge is 0.480 e.